The van der Waals surface area contributed by atoms with Crippen molar-refractivity contribution in [1.82, 2.24) is 14.9 Å². The van der Waals surface area contributed by atoms with Crippen molar-refractivity contribution < 1.29 is 9.53 Å². The number of anilines is 2. The fourth-order valence-electron chi connectivity index (χ4n) is 3.44. The Morgan fingerprint density at radius 1 is 1.07 bits per heavy atom. The van der Waals surface area contributed by atoms with E-state index in [1.54, 1.807) is 6.07 Å². The van der Waals surface area contributed by atoms with Gasteiger partial charge in [0.2, 0.25) is 0 Å². The Morgan fingerprint density at radius 3 is 2.66 bits per heavy atom. The van der Waals surface area contributed by atoms with Crippen LogP contribution < -0.4 is 10.1 Å². The molecule has 0 atom stereocenters. The summed E-state index contributed by atoms with van der Waals surface area (Å²) in [5.41, 5.74) is 3.68. The van der Waals surface area contributed by atoms with Crippen molar-refractivity contribution in [2.24, 2.45) is 0 Å². The number of amides is 1. The Bertz CT molecular complexity index is 1020. The lowest BCUT2D eigenvalue weighted by molar-refractivity contribution is 0.0728. The summed E-state index contributed by atoms with van der Waals surface area (Å²) >= 11 is 0. The van der Waals surface area contributed by atoms with Crippen LogP contribution in [0.25, 0.3) is 0 Å². The van der Waals surface area contributed by atoms with Crippen LogP contribution in [0, 0.1) is 0 Å². The smallest absolute Gasteiger partial charge is 0.272 e. The van der Waals surface area contributed by atoms with Gasteiger partial charge >= 0.3 is 0 Å². The van der Waals surface area contributed by atoms with Gasteiger partial charge in [-0.25, -0.2) is 9.97 Å². The highest BCUT2D eigenvalue weighted by molar-refractivity contribution is 5.93. The molecule has 0 unspecified atom stereocenters. The molecule has 1 N–H and O–H groups in total. The van der Waals surface area contributed by atoms with E-state index in [1.807, 2.05) is 55.1 Å². The number of carbonyl (C=O) groups is 1. The number of nitrogens with one attached hydrogen (secondary N) is 1. The highest BCUT2D eigenvalue weighted by atomic mass is 16.5. The largest absolute Gasteiger partial charge is 0.489 e. The molecule has 0 spiro atoms. The van der Waals surface area contributed by atoms with E-state index in [0.717, 1.165) is 17.9 Å². The number of aromatic nitrogens is 2. The molecule has 6 nitrogen and oxygen atoms in total. The maximum absolute atomic E-state index is 13.0. The third-order valence-corrected chi connectivity index (χ3v) is 4.82. The lowest BCUT2D eigenvalue weighted by Gasteiger charge is -2.28. The number of fused-ring (bicyclic) bond motifs is 1. The van der Waals surface area contributed by atoms with Crippen LogP contribution in [-0.2, 0) is 13.0 Å². The van der Waals surface area contributed by atoms with E-state index in [2.05, 4.69) is 27.4 Å². The second kappa shape index (κ2) is 8.31. The molecule has 0 fully saturated rings. The summed E-state index contributed by atoms with van der Waals surface area (Å²) in [5, 5.41) is 3.24. The molecule has 3 aromatic rings. The van der Waals surface area contributed by atoms with Gasteiger partial charge in [-0.1, -0.05) is 36.4 Å². The maximum Gasteiger partial charge on any atom is 0.272 e. The van der Waals surface area contributed by atoms with Gasteiger partial charge in [0, 0.05) is 19.2 Å². The monoisotopic (exact) mass is 388 g/mol. The van der Waals surface area contributed by atoms with Gasteiger partial charge in [-0.2, -0.15) is 0 Å². The van der Waals surface area contributed by atoms with E-state index in [-0.39, 0.29) is 12.0 Å². The predicted molar refractivity (Wildman–Crippen MR) is 112 cm³/mol. The van der Waals surface area contributed by atoms with E-state index in [4.69, 9.17) is 4.74 Å². The first-order chi connectivity index (χ1) is 14.1. The zero-order valence-electron chi connectivity index (χ0n) is 16.6. The van der Waals surface area contributed by atoms with Gasteiger partial charge in [0.25, 0.3) is 5.91 Å². The molecule has 1 aliphatic rings. The highest BCUT2D eigenvalue weighted by Crippen LogP contribution is 2.28. The lowest BCUT2D eigenvalue weighted by atomic mass is 10.00. The Morgan fingerprint density at radius 2 is 1.83 bits per heavy atom. The van der Waals surface area contributed by atoms with Crippen molar-refractivity contribution in [3.05, 3.63) is 77.7 Å². The quantitative estimate of drug-likeness (QED) is 0.709. The minimum Gasteiger partial charge on any atom is -0.489 e. The second-order valence-electron chi connectivity index (χ2n) is 7.32. The van der Waals surface area contributed by atoms with Crippen molar-refractivity contribution in [2.75, 3.05) is 11.9 Å². The minimum atomic E-state index is -0.0864. The molecule has 6 heteroatoms. The molecule has 2 aromatic carbocycles. The molecule has 2 heterocycles. The van der Waals surface area contributed by atoms with Gasteiger partial charge in [0.1, 0.15) is 23.6 Å². The number of rotatable bonds is 5. The van der Waals surface area contributed by atoms with Crippen molar-refractivity contribution in [3.63, 3.8) is 0 Å². The Labute approximate surface area is 170 Å². The number of hydrogen-bond acceptors (Lipinski definition) is 5. The molecule has 0 saturated carbocycles. The molecule has 0 aliphatic carbocycles. The van der Waals surface area contributed by atoms with Gasteiger partial charge in [-0.05, 0) is 43.5 Å². The first kappa shape index (κ1) is 18.9. The second-order valence-corrected chi connectivity index (χ2v) is 7.32. The average molecular weight is 388 g/mol. The molecule has 4 rings (SSSR count). The standard InChI is InChI=1S/C23H24N4O2/c1-16(2)29-21-10-6-5-9-19(21)26-22-13-20(24-15-25-22)23(28)27-12-11-17-7-3-4-8-18(17)14-27/h3-10,13,15-16H,11-12,14H2,1-2H3,(H,24,25,26). The number of ether oxygens (including phenoxy) is 1. The van der Waals surface area contributed by atoms with Crippen LogP contribution in [0.4, 0.5) is 11.5 Å². The Hall–Kier alpha value is -3.41. The Balaban J connectivity index is 1.52. The van der Waals surface area contributed by atoms with Gasteiger partial charge in [0.05, 0.1) is 11.8 Å². The van der Waals surface area contributed by atoms with E-state index < -0.39 is 0 Å². The molecule has 0 saturated heterocycles. The van der Waals surface area contributed by atoms with Crippen LogP contribution in [0.15, 0.2) is 60.9 Å². The third kappa shape index (κ3) is 4.37. The molecular weight excluding hydrogens is 364 g/mol. The summed E-state index contributed by atoms with van der Waals surface area (Å²) in [4.78, 5) is 23.3. The van der Waals surface area contributed by atoms with E-state index >= 15 is 0 Å². The SMILES string of the molecule is CC(C)Oc1ccccc1Nc1cc(C(=O)N2CCc3ccccc3C2)ncn1. The van der Waals surface area contributed by atoms with Gasteiger partial charge in [0.15, 0.2) is 0 Å². The van der Waals surface area contributed by atoms with Crippen LogP contribution >= 0.6 is 0 Å². The number of benzene rings is 2. The van der Waals surface area contributed by atoms with E-state index in [1.165, 1.54) is 17.5 Å². The van der Waals surface area contributed by atoms with Crippen molar-refractivity contribution in [3.8, 4) is 5.75 Å². The lowest BCUT2D eigenvalue weighted by Crippen LogP contribution is -2.36. The molecular formula is C23H24N4O2. The van der Waals surface area contributed by atoms with Gasteiger partial charge in [-0.15, -0.1) is 0 Å². The first-order valence-electron chi connectivity index (χ1n) is 9.81. The van der Waals surface area contributed by atoms with Crippen LogP contribution in [0.2, 0.25) is 0 Å². The molecule has 0 radical (unpaired) electrons. The Kier molecular flexibility index (Phi) is 5.42. The zero-order valence-corrected chi connectivity index (χ0v) is 16.6. The van der Waals surface area contributed by atoms with Crippen LogP contribution in [0.5, 0.6) is 5.75 Å². The average Bonchev–Trinajstić information content (AvgIpc) is 2.74. The summed E-state index contributed by atoms with van der Waals surface area (Å²) in [5.74, 6) is 1.21. The summed E-state index contributed by atoms with van der Waals surface area (Å²) in [7, 11) is 0. The van der Waals surface area contributed by atoms with Crippen molar-refractivity contribution >= 4 is 17.4 Å². The van der Waals surface area contributed by atoms with Crippen LogP contribution in [0.3, 0.4) is 0 Å². The van der Waals surface area contributed by atoms with Gasteiger partial charge in [-0.3, -0.25) is 4.79 Å². The van der Waals surface area contributed by atoms with Crippen LogP contribution in [0.1, 0.15) is 35.5 Å². The van der Waals surface area contributed by atoms with E-state index in [0.29, 0.717) is 24.6 Å². The summed E-state index contributed by atoms with van der Waals surface area (Å²) in [6.45, 7) is 5.25. The highest BCUT2D eigenvalue weighted by Gasteiger charge is 2.22. The zero-order chi connectivity index (χ0) is 20.2. The first-order valence-corrected chi connectivity index (χ1v) is 9.81. The van der Waals surface area contributed by atoms with Crippen LogP contribution in [-0.4, -0.2) is 33.4 Å². The van der Waals surface area contributed by atoms with E-state index in [9.17, 15) is 4.79 Å². The normalized spacial score (nSPS) is 13.1. The summed E-state index contributed by atoms with van der Waals surface area (Å²) in [6, 6.07) is 17.6. The third-order valence-electron chi connectivity index (χ3n) is 4.82. The van der Waals surface area contributed by atoms with Crippen molar-refractivity contribution in [1.29, 1.82) is 0 Å². The fraction of sp³-hybridized carbons (Fsp3) is 0.261. The summed E-state index contributed by atoms with van der Waals surface area (Å²) in [6.07, 6.45) is 2.33. The summed E-state index contributed by atoms with van der Waals surface area (Å²) < 4.78 is 5.84. The molecule has 1 amide bonds. The fourth-order valence-corrected chi connectivity index (χ4v) is 3.44. The minimum absolute atomic E-state index is 0.0578. The number of carbonyl (C=O) groups excluding carboxylic acids is 1. The molecule has 0 bridgehead atoms. The molecule has 1 aromatic heterocycles. The topological polar surface area (TPSA) is 67.3 Å². The van der Waals surface area contributed by atoms with Crippen molar-refractivity contribution in [2.45, 2.75) is 32.9 Å². The molecule has 1 aliphatic heterocycles. The number of nitrogens with zero attached hydrogens (tertiary/aromatic N) is 3. The predicted octanol–water partition coefficient (Wildman–Crippen LogP) is 4.21. The molecule has 29 heavy (non-hydrogen) atoms. The number of para-hydroxylation sites is 2. The maximum atomic E-state index is 13.0. The number of hydrogen-bond donors (Lipinski definition) is 1. The molecule has 148 valence electrons. The van der Waals surface area contributed by atoms with Gasteiger partial charge < -0.3 is 15.0 Å².